The molecule has 0 radical (unpaired) electrons. The minimum Gasteiger partial charge on any atom is -0.390 e. The van der Waals surface area contributed by atoms with Crippen LogP contribution in [0.15, 0.2) is 18.2 Å². The van der Waals surface area contributed by atoms with Crippen LogP contribution in [-0.2, 0) is 24.0 Å². The van der Waals surface area contributed by atoms with Crippen LogP contribution >= 0.6 is 0 Å². The second kappa shape index (κ2) is 6.53. The fourth-order valence-electron chi connectivity index (χ4n) is 3.05. The molecule has 0 aromatic heterocycles. The molecule has 0 fully saturated rings. The molecule has 1 aromatic carbocycles. The second-order valence-electron chi connectivity index (χ2n) is 5.89. The van der Waals surface area contributed by atoms with E-state index >= 15 is 0 Å². The Labute approximate surface area is 116 Å². The van der Waals surface area contributed by atoms with Gasteiger partial charge < -0.3 is 9.84 Å². The van der Waals surface area contributed by atoms with Crippen molar-refractivity contribution in [2.75, 3.05) is 6.61 Å². The van der Waals surface area contributed by atoms with E-state index in [9.17, 15) is 5.11 Å². The van der Waals surface area contributed by atoms with E-state index in [0.717, 1.165) is 0 Å². The van der Waals surface area contributed by atoms with Gasteiger partial charge in [0, 0.05) is 13.0 Å². The third-order valence-corrected chi connectivity index (χ3v) is 4.00. The second-order valence-corrected chi connectivity index (χ2v) is 5.89. The molecular weight excluding hydrogens is 236 g/mol. The standard InChI is InChI=1S/C17H26O2/c1-4-19-17(12(2)3)16(18)11-13-8-9-14-6-5-7-15(14)10-13/h8-10,12,16-18H,4-7,11H2,1-3H3. The Kier molecular flexibility index (Phi) is 5.00. The molecule has 106 valence electrons. The number of hydrogen-bond donors (Lipinski definition) is 1. The first-order chi connectivity index (χ1) is 9.11. The normalized spacial score (nSPS) is 17.5. The van der Waals surface area contributed by atoms with Gasteiger partial charge in [-0.25, -0.2) is 0 Å². The van der Waals surface area contributed by atoms with Gasteiger partial charge in [-0.2, -0.15) is 0 Å². The van der Waals surface area contributed by atoms with Crippen LogP contribution in [0.2, 0.25) is 0 Å². The molecule has 2 atom stereocenters. The monoisotopic (exact) mass is 262 g/mol. The summed E-state index contributed by atoms with van der Waals surface area (Å²) in [6.07, 6.45) is 3.88. The average Bonchev–Trinajstić information content (AvgIpc) is 2.82. The quantitative estimate of drug-likeness (QED) is 0.853. The summed E-state index contributed by atoms with van der Waals surface area (Å²) in [6, 6.07) is 6.67. The molecule has 0 aliphatic heterocycles. The summed E-state index contributed by atoms with van der Waals surface area (Å²) in [5.74, 6) is 0.337. The maximum Gasteiger partial charge on any atom is 0.0859 e. The van der Waals surface area contributed by atoms with Crippen molar-refractivity contribution in [1.29, 1.82) is 0 Å². The third-order valence-electron chi connectivity index (χ3n) is 4.00. The molecule has 2 heteroatoms. The van der Waals surface area contributed by atoms with Gasteiger partial charge in [-0.3, -0.25) is 0 Å². The van der Waals surface area contributed by atoms with E-state index < -0.39 is 6.10 Å². The zero-order valence-electron chi connectivity index (χ0n) is 12.4. The molecule has 0 saturated carbocycles. The highest BCUT2D eigenvalue weighted by atomic mass is 16.5. The van der Waals surface area contributed by atoms with Crippen molar-refractivity contribution in [3.8, 4) is 0 Å². The predicted molar refractivity (Wildman–Crippen MR) is 78.4 cm³/mol. The van der Waals surface area contributed by atoms with Gasteiger partial charge in [0.05, 0.1) is 12.2 Å². The van der Waals surface area contributed by atoms with Crippen LogP contribution in [0.3, 0.4) is 0 Å². The first kappa shape index (κ1) is 14.5. The summed E-state index contributed by atoms with van der Waals surface area (Å²) in [4.78, 5) is 0. The number of ether oxygens (including phenoxy) is 1. The Morgan fingerprint density at radius 2 is 1.95 bits per heavy atom. The van der Waals surface area contributed by atoms with E-state index in [0.29, 0.717) is 18.9 Å². The highest BCUT2D eigenvalue weighted by Gasteiger charge is 2.23. The predicted octanol–water partition coefficient (Wildman–Crippen LogP) is 3.14. The minimum atomic E-state index is -0.417. The Morgan fingerprint density at radius 1 is 1.21 bits per heavy atom. The van der Waals surface area contributed by atoms with Gasteiger partial charge in [0.1, 0.15) is 0 Å². The zero-order valence-corrected chi connectivity index (χ0v) is 12.4. The Bertz CT molecular complexity index is 412. The summed E-state index contributed by atoms with van der Waals surface area (Å²) >= 11 is 0. The summed E-state index contributed by atoms with van der Waals surface area (Å²) in [6.45, 7) is 6.85. The van der Waals surface area contributed by atoms with Crippen molar-refractivity contribution >= 4 is 0 Å². The smallest absolute Gasteiger partial charge is 0.0859 e. The van der Waals surface area contributed by atoms with Crippen molar-refractivity contribution in [2.45, 2.75) is 58.7 Å². The van der Waals surface area contributed by atoms with Gasteiger partial charge in [0.2, 0.25) is 0 Å². The van der Waals surface area contributed by atoms with E-state index in [1.165, 1.54) is 36.0 Å². The molecule has 0 heterocycles. The van der Waals surface area contributed by atoms with Crippen LogP contribution in [0.5, 0.6) is 0 Å². The number of aryl methyl sites for hydroxylation is 2. The first-order valence-electron chi connectivity index (χ1n) is 7.52. The zero-order chi connectivity index (χ0) is 13.8. The molecule has 1 aliphatic carbocycles. The van der Waals surface area contributed by atoms with Gasteiger partial charge in [0.25, 0.3) is 0 Å². The fourth-order valence-corrected chi connectivity index (χ4v) is 3.05. The molecule has 1 aliphatic rings. The highest BCUT2D eigenvalue weighted by Crippen LogP contribution is 2.24. The van der Waals surface area contributed by atoms with E-state index in [2.05, 4.69) is 32.0 Å². The topological polar surface area (TPSA) is 29.5 Å². The van der Waals surface area contributed by atoms with Crippen molar-refractivity contribution in [2.24, 2.45) is 5.92 Å². The molecule has 0 amide bonds. The lowest BCUT2D eigenvalue weighted by molar-refractivity contribution is -0.0562. The van der Waals surface area contributed by atoms with Crippen LogP contribution < -0.4 is 0 Å². The number of benzene rings is 1. The van der Waals surface area contributed by atoms with E-state index in [1.807, 2.05) is 6.92 Å². The summed E-state index contributed by atoms with van der Waals surface area (Å²) in [5, 5.41) is 10.4. The molecular formula is C17H26O2. The molecule has 0 bridgehead atoms. The maximum atomic E-state index is 10.4. The maximum absolute atomic E-state index is 10.4. The molecule has 1 N–H and O–H groups in total. The van der Waals surface area contributed by atoms with Gasteiger partial charge >= 0.3 is 0 Å². The Hall–Kier alpha value is -0.860. The van der Waals surface area contributed by atoms with Gasteiger partial charge in [-0.15, -0.1) is 0 Å². The number of fused-ring (bicyclic) bond motifs is 1. The van der Waals surface area contributed by atoms with Crippen molar-refractivity contribution < 1.29 is 9.84 Å². The highest BCUT2D eigenvalue weighted by molar-refractivity contribution is 5.35. The number of hydrogen-bond acceptors (Lipinski definition) is 2. The number of aliphatic hydroxyl groups is 1. The largest absolute Gasteiger partial charge is 0.390 e. The van der Waals surface area contributed by atoms with Crippen LogP contribution in [0, 0.1) is 5.92 Å². The van der Waals surface area contributed by atoms with Crippen molar-refractivity contribution in [3.63, 3.8) is 0 Å². The minimum absolute atomic E-state index is 0.0711. The van der Waals surface area contributed by atoms with Crippen LogP contribution in [0.1, 0.15) is 43.9 Å². The lowest BCUT2D eigenvalue weighted by Crippen LogP contribution is -2.35. The SMILES string of the molecule is CCOC(C(C)C)C(O)Cc1ccc2c(c1)CCC2. The molecule has 0 saturated heterocycles. The van der Waals surface area contributed by atoms with E-state index in [1.54, 1.807) is 0 Å². The first-order valence-corrected chi connectivity index (χ1v) is 7.52. The number of aliphatic hydroxyl groups excluding tert-OH is 1. The molecule has 0 spiro atoms. The average molecular weight is 262 g/mol. The van der Waals surface area contributed by atoms with Crippen LogP contribution in [0.25, 0.3) is 0 Å². The van der Waals surface area contributed by atoms with Gasteiger partial charge in [0.15, 0.2) is 0 Å². The fraction of sp³-hybridized carbons (Fsp3) is 0.647. The molecule has 1 aromatic rings. The van der Waals surface area contributed by atoms with Crippen LogP contribution in [-0.4, -0.2) is 23.9 Å². The lowest BCUT2D eigenvalue weighted by atomic mass is 9.95. The van der Waals surface area contributed by atoms with Gasteiger partial charge in [-0.05, 0) is 48.8 Å². The number of rotatable bonds is 6. The Balaban J connectivity index is 2.03. The van der Waals surface area contributed by atoms with E-state index in [-0.39, 0.29) is 6.10 Å². The van der Waals surface area contributed by atoms with Crippen molar-refractivity contribution in [3.05, 3.63) is 34.9 Å². The lowest BCUT2D eigenvalue weighted by Gasteiger charge is -2.26. The van der Waals surface area contributed by atoms with E-state index in [4.69, 9.17) is 4.74 Å². The molecule has 2 unspecified atom stereocenters. The van der Waals surface area contributed by atoms with Crippen LogP contribution in [0.4, 0.5) is 0 Å². The third kappa shape index (κ3) is 3.58. The molecule has 2 nitrogen and oxygen atoms in total. The van der Waals surface area contributed by atoms with Gasteiger partial charge in [-0.1, -0.05) is 32.0 Å². The Morgan fingerprint density at radius 3 is 2.63 bits per heavy atom. The molecule has 19 heavy (non-hydrogen) atoms. The molecule has 2 rings (SSSR count). The summed E-state index contributed by atoms with van der Waals surface area (Å²) < 4.78 is 5.68. The van der Waals surface area contributed by atoms with Crippen molar-refractivity contribution in [1.82, 2.24) is 0 Å². The summed E-state index contributed by atoms with van der Waals surface area (Å²) in [5.41, 5.74) is 4.20. The summed E-state index contributed by atoms with van der Waals surface area (Å²) in [7, 11) is 0.